The van der Waals surface area contributed by atoms with Crippen LogP contribution < -0.4 is 10.6 Å². The molecule has 3 atom stereocenters. The second-order valence-electron chi connectivity index (χ2n) is 5.30. The number of nitrogens with one attached hydrogen (secondary N) is 2. The number of hydrogen-bond donors (Lipinski definition) is 2. The van der Waals surface area contributed by atoms with Crippen LogP contribution in [0.2, 0.25) is 0 Å². The van der Waals surface area contributed by atoms with Crippen molar-refractivity contribution in [2.24, 2.45) is 7.05 Å². The minimum atomic E-state index is -0.0327. The van der Waals surface area contributed by atoms with Gasteiger partial charge >= 0.3 is 0 Å². The topological polar surface area (TPSA) is 68.2 Å². The summed E-state index contributed by atoms with van der Waals surface area (Å²) in [5.41, 5.74) is 1.03. The Bertz CT molecular complexity index is 446. The maximum absolute atomic E-state index is 11.7. The van der Waals surface area contributed by atoms with Crippen LogP contribution in [0.4, 0.5) is 0 Å². The number of amides is 1. The molecule has 0 spiro atoms. The van der Waals surface area contributed by atoms with E-state index >= 15 is 0 Å². The lowest BCUT2D eigenvalue weighted by Gasteiger charge is -2.35. The third kappa shape index (κ3) is 3.37. The molecular weight excluding hydrogens is 256 g/mol. The van der Waals surface area contributed by atoms with Crippen LogP contribution in [0.3, 0.4) is 0 Å². The normalized spacial score (nSPS) is 24.4. The molecule has 0 bridgehead atoms. The van der Waals surface area contributed by atoms with Crippen LogP contribution in [0, 0.1) is 0 Å². The van der Waals surface area contributed by atoms with Crippen molar-refractivity contribution in [3.05, 3.63) is 18.0 Å². The summed E-state index contributed by atoms with van der Waals surface area (Å²) in [7, 11) is 3.62. The third-order valence-corrected chi connectivity index (χ3v) is 3.89. The fraction of sp³-hybridized carbons (Fsp3) is 0.714. The first-order valence-electron chi connectivity index (χ1n) is 7.18. The van der Waals surface area contributed by atoms with E-state index in [0.717, 1.165) is 18.5 Å². The molecule has 1 aliphatic rings. The third-order valence-electron chi connectivity index (χ3n) is 3.89. The van der Waals surface area contributed by atoms with Crippen LogP contribution in [0.1, 0.15) is 37.9 Å². The number of hydrogen-bond acceptors (Lipinski definition) is 4. The Morgan fingerprint density at radius 1 is 1.65 bits per heavy atom. The van der Waals surface area contributed by atoms with Gasteiger partial charge in [-0.2, -0.15) is 5.10 Å². The van der Waals surface area contributed by atoms with Crippen LogP contribution in [0.25, 0.3) is 0 Å². The number of piperidine rings is 1. The van der Waals surface area contributed by atoms with Gasteiger partial charge in [-0.05, 0) is 18.9 Å². The van der Waals surface area contributed by atoms with Crippen molar-refractivity contribution in [3.8, 4) is 0 Å². The SMILES string of the molecule is CC[C@H](COC)N[C@@H]1CCC(=O)N[C@H]1c1ccnn1C. The van der Waals surface area contributed by atoms with Crippen molar-refractivity contribution >= 4 is 5.91 Å². The highest BCUT2D eigenvalue weighted by Gasteiger charge is 2.32. The summed E-state index contributed by atoms with van der Waals surface area (Å²) < 4.78 is 7.06. The smallest absolute Gasteiger partial charge is 0.220 e. The summed E-state index contributed by atoms with van der Waals surface area (Å²) in [6, 6.07) is 2.44. The lowest BCUT2D eigenvalue weighted by molar-refractivity contribution is -0.124. The van der Waals surface area contributed by atoms with Crippen LogP contribution in [0.15, 0.2) is 12.3 Å². The maximum atomic E-state index is 11.7. The van der Waals surface area contributed by atoms with Gasteiger partial charge in [0.05, 0.1) is 18.3 Å². The molecule has 1 saturated heterocycles. The molecule has 2 rings (SSSR count). The molecule has 0 aliphatic carbocycles. The predicted octanol–water partition coefficient (Wildman–Crippen LogP) is 0.754. The highest BCUT2D eigenvalue weighted by molar-refractivity contribution is 5.77. The summed E-state index contributed by atoms with van der Waals surface area (Å²) in [5.74, 6) is 0.106. The quantitative estimate of drug-likeness (QED) is 0.807. The van der Waals surface area contributed by atoms with Crippen molar-refractivity contribution in [3.63, 3.8) is 0 Å². The summed E-state index contributed by atoms with van der Waals surface area (Å²) in [4.78, 5) is 11.7. The Hall–Kier alpha value is -1.40. The van der Waals surface area contributed by atoms with E-state index in [-0.39, 0.29) is 18.0 Å². The van der Waals surface area contributed by atoms with Crippen molar-refractivity contribution in [1.82, 2.24) is 20.4 Å². The van der Waals surface area contributed by atoms with E-state index in [4.69, 9.17) is 4.74 Å². The van der Waals surface area contributed by atoms with E-state index in [1.165, 1.54) is 0 Å². The number of carbonyl (C=O) groups excluding carboxylic acids is 1. The average Bonchev–Trinajstić information content (AvgIpc) is 2.86. The molecule has 1 aromatic heterocycles. The van der Waals surface area contributed by atoms with E-state index in [9.17, 15) is 4.79 Å². The van der Waals surface area contributed by atoms with Gasteiger partial charge in [-0.1, -0.05) is 6.92 Å². The molecule has 0 unspecified atom stereocenters. The summed E-state index contributed by atoms with van der Waals surface area (Å²) in [6.45, 7) is 2.82. The number of methoxy groups -OCH3 is 1. The highest BCUT2D eigenvalue weighted by atomic mass is 16.5. The average molecular weight is 280 g/mol. The van der Waals surface area contributed by atoms with Crippen molar-refractivity contribution < 1.29 is 9.53 Å². The van der Waals surface area contributed by atoms with Crippen LogP contribution in [0.5, 0.6) is 0 Å². The molecule has 0 radical (unpaired) electrons. The Morgan fingerprint density at radius 3 is 3.05 bits per heavy atom. The zero-order valence-electron chi connectivity index (χ0n) is 12.4. The predicted molar refractivity (Wildman–Crippen MR) is 76.2 cm³/mol. The monoisotopic (exact) mass is 280 g/mol. The zero-order chi connectivity index (χ0) is 14.5. The van der Waals surface area contributed by atoms with Gasteiger partial charge in [-0.25, -0.2) is 0 Å². The number of aromatic nitrogens is 2. The molecule has 1 amide bonds. The van der Waals surface area contributed by atoms with Gasteiger partial charge < -0.3 is 15.4 Å². The molecule has 20 heavy (non-hydrogen) atoms. The van der Waals surface area contributed by atoms with Crippen LogP contribution >= 0.6 is 0 Å². The minimum Gasteiger partial charge on any atom is -0.383 e. The molecule has 112 valence electrons. The van der Waals surface area contributed by atoms with Gasteiger partial charge in [-0.15, -0.1) is 0 Å². The van der Waals surface area contributed by atoms with Gasteiger partial charge in [-0.3, -0.25) is 9.48 Å². The maximum Gasteiger partial charge on any atom is 0.220 e. The van der Waals surface area contributed by atoms with Crippen molar-refractivity contribution in [1.29, 1.82) is 0 Å². The van der Waals surface area contributed by atoms with Gasteiger partial charge in [0, 0.05) is 38.9 Å². The van der Waals surface area contributed by atoms with E-state index in [0.29, 0.717) is 19.1 Å². The number of carbonyl (C=O) groups is 1. The van der Waals surface area contributed by atoms with Gasteiger partial charge in [0.15, 0.2) is 0 Å². The largest absolute Gasteiger partial charge is 0.383 e. The van der Waals surface area contributed by atoms with Gasteiger partial charge in [0.1, 0.15) is 0 Å². The molecule has 2 heterocycles. The van der Waals surface area contributed by atoms with E-state index < -0.39 is 0 Å². The van der Waals surface area contributed by atoms with Crippen LogP contribution in [-0.4, -0.2) is 41.5 Å². The molecule has 1 fully saturated rings. The summed E-state index contributed by atoms with van der Waals surface area (Å²) in [5, 5.41) is 10.9. The Balaban J connectivity index is 2.12. The lowest BCUT2D eigenvalue weighted by atomic mass is 9.94. The Morgan fingerprint density at radius 2 is 2.45 bits per heavy atom. The lowest BCUT2D eigenvalue weighted by Crippen LogP contribution is -2.52. The summed E-state index contributed by atoms with van der Waals surface area (Å²) >= 11 is 0. The van der Waals surface area contributed by atoms with Crippen molar-refractivity contribution in [2.75, 3.05) is 13.7 Å². The number of ether oxygens (including phenoxy) is 1. The fourth-order valence-corrected chi connectivity index (χ4v) is 2.74. The van der Waals surface area contributed by atoms with E-state index in [1.54, 1.807) is 13.3 Å². The van der Waals surface area contributed by atoms with E-state index in [1.807, 2.05) is 17.8 Å². The molecule has 6 nitrogen and oxygen atoms in total. The number of aryl methyl sites for hydroxylation is 1. The first kappa shape index (κ1) is 15.0. The zero-order valence-corrected chi connectivity index (χ0v) is 12.4. The molecule has 0 aromatic carbocycles. The molecule has 0 saturated carbocycles. The minimum absolute atomic E-state index is 0.0327. The second kappa shape index (κ2) is 6.85. The molecule has 1 aliphatic heterocycles. The highest BCUT2D eigenvalue weighted by Crippen LogP contribution is 2.24. The standard InChI is InChI=1S/C14H24N4O2/c1-4-10(9-20-3)16-11-5-6-13(19)17-14(11)12-7-8-15-18(12)2/h7-8,10-11,14,16H,4-6,9H2,1-3H3,(H,17,19)/t10-,11-,14-/m1/s1. The van der Waals surface area contributed by atoms with Gasteiger partial charge in [0.2, 0.25) is 5.91 Å². The fourth-order valence-electron chi connectivity index (χ4n) is 2.74. The first-order valence-corrected chi connectivity index (χ1v) is 7.18. The molecule has 1 aromatic rings. The number of nitrogens with zero attached hydrogens (tertiary/aromatic N) is 2. The second-order valence-corrected chi connectivity index (χ2v) is 5.30. The summed E-state index contributed by atoms with van der Waals surface area (Å²) in [6.07, 6.45) is 4.16. The molecular formula is C14H24N4O2. The Labute approximate surface area is 119 Å². The number of rotatable bonds is 6. The van der Waals surface area contributed by atoms with Crippen molar-refractivity contribution in [2.45, 2.75) is 44.3 Å². The first-order chi connectivity index (χ1) is 9.65. The van der Waals surface area contributed by atoms with Gasteiger partial charge in [0.25, 0.3) is 0 Å². The van der Waals surface area contributed by atoms with E-state index in [2.05, 4.69) is 22.7 Å². The molecule has 2 N–H and O–H groups in total. The molecule has 6 heteroatoms. The van der Waals surface area contributed by atoms with Crippen LogP contribution in [-0.2, 0) is 16.6 Å². The Kier molecular flexibility index (Phi) is 5.14.